The fraction of sp³-hybridized carbons (Fsp3) is 0. The molecule has 0 bridgehead atoms. The summed E-state index contributed by atoms with van der Waals surface area (Å²) in [6, 6.07) is 6.95. The van der Waals surface area contributed by atoms with Crippen molar-refractivity contribution in [2.75, 3.05) is 5.32 Å². The highest BCUT2D eigenvalue weighted by atomic mass is 35.5. The summed E-state index contributed by atoms with van der Waals surface area (Å²) in [5, 5.41) is 17.8. The molecule has 0 unspecified atom stereocenters. The van der Waals surface area contributed by atoms with E-state index in [0.717, 1.165) is 0 Å². The zero-order chi connectivity index (χ0) is 17.1. The van der Waals surface area contributed by atoms with Crippen LogP contribution in [0, 0.1) is 10.1 Å². The minimum Gasteiger partial charge on any atom is -0.306 e. The van der Waals surface area contributed by atoms with Crippen LogP contribution in [0.25, 0.3) is 5.82 Å². The third-order valence-corrected chi connectivity index (χ3v) is 3.27. The summed E-state index contributed by atoms with van der Waals surface area (Å²) in [7, 11) is 0. The van der Waals surface area contributed by atoms with Crippen molar-refractivity contribution in [1.82, 2.24) is 19.7 Å². The molecule has 2 heterocycles. The highest BCUT2D eigenvalue weighted by molar-refractivity contribution is 6.31. The smallest absolute Gasteiger partial charge is 0.282 e. The van der Waals surface area contributed by atoms with E-state index in [1.54, 1.807) is 18.5 Å². The van der Waals surface area contributed by atoms with Crippen LogP contribution in [0.15, 0.2) is 49.1 Å². The van der Waals surface area contributed by atoms with Gasteiger partial charge in [0.15, 0.2) is 5.82 Å². The Balaban J connectivity index is 1.90. The molecule has 0 fully saturated rings. The van der Waals surface area contributed by atoms with Crippen LogP contribution < -0.4 is 5.32 Å². The van der Waals surface area contributed by atoms with E-state index in [9.17, 15) is 14.9 Å². The molecule has 0 spiro atoms. The van der Waals surface area contributed by atoms with E-state index in [1.165, 1.54) is 35.3 Å². The molecule has 0 aliphatic rings. The molecule has 0 saturated carbocycles. The highest BCUT2D eigenvalue weighted by Crippen LogP contribution is 2.23. The number of nitro groups is 1. The molecule has 10 heteroatoms. The second-order valence-corrected chi connectivity index (χ2v) is 5.02. The summed E-state index contributed by atoms with van der Waals surface area (Å²) in [5.74, 6) is -0.0880. The van der Waals surface area contributed by atoms with E-state index in [1.807, 2.05) is 0 Å². The average Bonchev–Trinajstić information content (AvgIpc) is 3.09. The quantitative estimate of drug-likeness (QED) is 0.574. The first-order valence-corrected chi connectivity index (χ1v) is 7.00. The van der Waals surface area contributed by atoms with Gasteiger partial charge in [-0.2, -0.15) is 5.10 Å². The number of aromatic nitrogens is 4. The maximum Gasteiger partial charge on any atom is 0.282 e. The van der Waals surface area contributed by atoms with Gasteiger partial charge in [0.05, 0.1) is 4.92 Å². The molecule has 0 aliphatic carbocycles. The lowest BCUT2D eigenvalue weighted by Gasteiger charge is -2.07. The topological polar surface area (TPSA) is 116 Å². The number of halogens is 1. The number of rotatable bonds is 4. The van der Waals surface area contributed by atoms with Crippen molar-refractivity contribution < 1.29 is 9.72 Å². The van der Waals surface area contributed by atoms with Gasteiger partial charge in [-0.15, -0.1) is 0 Å². The molecule has 3 aromatic rings. The lowest BCUT2D eigenvalue weighted by Crippen LogP contribution is -2.15. The summed E-state index contributed by atoms with van der Waals surface area (Å²) in [5.41, 5.74) is -0.509. The molecule has 9 nitrogen and oxygen atoms in total. The Morgan fingerprint density at radius 3 is 2.83 bits per heavy atom. The Bertz CT molecular complexity index is 913. The van der Waals surface area contributed by atoms with Crippen LogP contribution in [0.4, 0.5) is 11.5 Å². The predicted octanol–water partition coefficient (Wildman–Crippen LogP) is 2.48. The van der Waals surface area contributed by atoms with Gasteiger partial charge in [0.2, 0.25) is 0 Å². The lowest BCUT2D eigenvalue weighted by molar-refractivity contribution is -0.385. The zero-order valence-corrected chi connectivity index (χ0v) is 12.7. The minimum atomic E-state index is -0.700. The second-order valence-electron chi connectivity index (χ2n) is 4.58. The number of hydrogen-bond donors (Lipinski definition) is 1. The molecule has 2 aromatic heterocycles. The van der Waals surface area contributed by atoms with Crippen LogP contribution in [-0.2, 0) is 0 Å². The maximum atomic E-state index is 12.3. The number of hydrogen-bond acceptors (Lipinski definition) is 6. The van der Waals surface area contributed by atoms with Gasteiger partial charge in [-0.3, -0.25) is 14.9 Å². The monoisotopic (exact) mass is 344 g/mol. The van der Waals surface area contributed by atoms with Crippen LogP contribution in [0.2, 0.25) is 5.02 Å². The standard InChI is InChI=1S/C14H9ClN6O3/c15-9-2-3-11(21(23)24)10(6-9)14(22)19-12-7-13(17-8-16-12)20-5-1-4-18-20/h1-8H,(H,16,17,19,22). The van der Waals surface area contributed by atoms with E-state index >= 15 is 0 Å². The van der Waals surface area contributed by atoms with E-state index in [2.05, 4.69) is 20.4 Å². The molecule has 0 radical (unpaired) electrons. The van der Waals surface area contributed by atoms with Crippen molar-refractivity contribution in [3.63, 3.8) is 0 Å². The summed E-state index contributed by atoms with van der Waals surface area (Å²) in [6.07, 6.45) is 4.50. The Morgan fingerprint density at radius 1 is 1.29 bits per heavy atom. The van der Waals surface area contributed by atoms with Crippen molar-refractivity contribution >= 4 is 29.0 Å². The Hall–Kier alpha value is -3.33. The third kappa shape index (κ3) is 3.20. The summed E-state index contributed by atoms with van der Waals surface area (Å²) < 4.78 is 1.49. The van der Waals surface area contributed by atoms with E-state index in [0.29, 0.717) is 5.82 Å². The average molecular weight is 345 g/mol. The van der Waals surface area contributed by atoms with Gasteiger partial charge in [-0.25, -0.2) is 14.6 Å². The van der Waals surface area contributed by atoms with Gasteiger partial charge in [0.25, 0.3) is 11.6 Å². The first-order valence-electron chi connectivity index (χ1n) is 6.62. The molecule has 120 valence electrons. The summed E-state index contributed by atoms with van der Waals surface area (Å²) in [6.45, 7) is 0. The lowest BCUT2D eigenvalue weighted by atomic mass is 10.1. The van der Waals surface area contributed by atoms with Crippen molar-refractivity contribution in [3.8, 4) is 5.82 Å². The second kappa shape index (κ2) is 6.42. The van der Waals surface area contributed by atoms with Crippen molar-refractivity contribution in [3.05, 3.63) is 69.8 Å². The maximum absolute atomic E-state index is 12.3. The fourth-order valence-electron chi connectivity index (χ4n) is 1.98. The molecular weight excluding hydrogens is 336 g/mol. The van der Waals surface area contributed by atoms with Crippen LogP contribution >= 0.6 is 11.6 Å². The number of anilines is 1. The molecule has 0 saturated heterocycles. The molecule has 0 aliphatic heterocycles. The van der Waals surface area contributed by atoms with Gasteiger partial charge in [0.1, 0.15) is 17.7 Å². The van der Waals surface area contributed by atoms with E-state index < -0.39 is 10.8 Å². The molecular formula is C14H9ClN6O3. The third-order valence-electron chi connectivity index (χ3n) is 3.03. The Labute approximate surface area is 140 Å². The van der Waals surface area contributed by atoms with Gasteiger partial charge in [0, 0.05) is 29.5 Å². The van der Waals surface area contributed by atoms with Crippen LogP contribution in [-0.4, -0.2) is 30.6 Å². The molecule has 1 aromatic carbocycles. The summed E-state index contributed by atoms with van der Waals surface area (Å²) >= 11 is 5.82. The molecule has 1 amide bonds. The summed E-state index contributed by atoms with van der Waals surface area (Å²) in [4.78, 5) is 30.7. The Kier molecular flexibility index (Phi) is 4.17. The van der Waals surface area contributed by atoms with E-state index in [4.69, 9.17) is 11.6 Å². The fourth-order valence-corrected chi connectivity index (χ4v) is 2.15. The normalized spacial score (nSPS) is 10.4. The Morgan fingerprint density at radius 2 is 2.12 bits per heavy atom. The number of nitrogens with one attached hydrogen (secondary N) is 1. The van der Waals surface area contributed by atoms with Crippen LogP contribution in [0.3, 0.4) is 0 Å². The van der Waals surface area contributed by atoms with Crippen LogP contribution in [0.5, 0.6) is 0 Å². The zero-order valence-electron chi connectivity index (χ0n) is 12.0. The minimum absolute atomic E-state index is 0.160. The van der Waals surface area contributed by atoms with Gasteiger partial charge < -0.3 is 5.32 Å². The van der Waals surface area contributed by atoms with E-state index in [-0.39, 0.29) is 22.1 Å². The molecule has 24 heavy (non-hydrogen) atoms. The molecule has 0 atom stereocenters. The number of carbonyl (C=O) groups is 1. The number of amides is 1. The first-order chi connectivity index (χ1) is 11.5. The van der Waals surface area contributed by atoms with Gasteiger partial charge >= 0.3 is 0 Å². The SMILES string of the molecule is O=C(Nc1cc(-n2cccn2)ncn1)c1cc(Cl)ccc1[N+](=O)[O-]. The number of carbonyl (C=O) groups excluding carboxylic acids is 1. The number of nitro benzene ring substituents is 1. The van der Waals surface area contributed by atoms with Crippen molar-refractivity contribution in [1.29, 1.82) is 0 Å². The largest absolute Gasteiger partial charge is 0.306 e. The predicted molar refractivity (Wildman–Crippen MR) is 85.2 cm³/mol. The molecule has 3 rings (SSSR count). The highest BCUT2D eigenvalue weighted by Gasteiger charge is 2.21. The van der Waals surface area contributed by atoms with Gasteiger partial charge in [-0.1, -0.05) is 11.6 Å². The number of nitrogens with zero attached hydrogens (tertiary/aromatic N) is 5. The van der Waals surface area contributed by atoms with Crippen LogP contribution in [0.1, 0.15) is 10.4 Å². The number of benzene rings is 1. The van der Waals surface area contributed by atoms with Crippen molar-refractivity contribution in [2.45, 2.75) is 0 Å². The van der Waals surface area contributed by atoms with Gasteiger partial charge in [-0.05, 0) is 18.2 Å². The van der Waals surface area contributed by atoms with Crippen molar-refractivity contribution in [2.24, 2.45) is 0 Å². The first kappa shape index (κ1) is 15.6. The molecule has 1 N–H and O–H groups in total.